The summed E-state index contributed by atoms with van der Waals surface area (Å²) in [6.45, 7) is 1.27. The first kappa shape index (κ1) is 13.6. The third kappa shape index (κ3) is 4.14. The Bertz CT molecular complexity index is 364. The van der Waals surface area contributed by atoms with Crippen molar-refractivity contribution in [2.45, 2.75) is 18.6 Å². The van der Waals surface area contributed by atoms with Crippen LogP contribution in [0.2, 0.25) is 0 Å². The van der Waals surface area contributed by atoms with Gasteiger partial charge in [-0.2, -0.15) is 0 Å². The van der Waals surface area contributed by atoms with Crippen LogP contribution >= 0.6 is 0 Å². The van der Waals surface area contributed by atoms with Crippen LogP contribution in [-0.4, -0.2) is 40.0 Å². The van der Waals surface area contributed by atoms with E-state index in [2.05, 4.69) is 5.32 Å². The van der Waals surface area contributed by atoms with Crippen LogP contribution in [0.4, 0.5) is 0 Å². The zero-order valence-electron chi connectivity index (χ0n) is 9.63. The highest BCUT2D eigenvalue weighted by molar-refractivity contribution is 5.76. The molecule has 0 heterocycles. The van der Waals surface area contributed by atoms with Gasteiger partial charge >= 0.3 is 5.97 Å². The smallest absolute Gasteiger partial charge is 0.336 e. The maximum Gasteiger partial charge on any atom is 0.336 e. The van der Waals surface area contributed by atoms with Gasteiger partial charge < -0.3 is 20.6 Å². The molecule has 17 heavy (non-hydrogen) atoms. The maximum absolute atomic E-state index is 10.6. The van der Waals surface area contributed by atoms with E-state index < -0.39 is 17.7 Å². The molecule has 0 aliphatic carbocycles. The molecule has 0 aromatic heterocycles. The van der Waals surface area contributed by atoms with E-state index in [1.807, 2.05) is 18.2 Å². The summed E-state index contributed by atoms with van der Waals surface area (Å²) < 4.78 is 0. The highest BCUT2D eigenvalue weighted by Crippen LogP contribution is 2.11. The molecule has 5 nitrogen and oxygen atoms in total. The number of carboxylic acid groups (broad SMARTS) is 1. The Labute approximate surface area is 99.7 Å². The van der Waals surface area contributed by atoms with E-state index in [0.29, 0.717) is 0 Å². The number of rotatable bonds is 6. The van der Waals surface area contributed by atoms with Crippen molar-refractivity contribution in [3.05, 3.63) is 35.9 Å². The average Bonchev–Trinajstić information content (AvgIpc) is 2.29. The number of carbonyl (C=O) groups is 1. The number of carboxylic acids is 1. The predicted octanol–water partition coefficient (Wildman–Crippen LogP) is 0.145. The van der Waals surface area contributed by atoms with Crippen molar-refractivity contribution >= 4 is 5.97 Å². The Morgan fingerprint density at radius 3 is 2.53 bits per heavy atom. The van der Waals surface area contributed by atoms with Crippen LogP contribution in [0.15, 0.2) is 30.3 Å². The molecule has 0 spiro atoms. The normalized spacial score (nSPS) is 16.2. The van der Waals surface area contributed by atoms with Gasteiger partial charge in [-0.1, -0.05) is 30.3 Å². The minimum Gasteiger partial charge on any atom is -0.479 e. The molecule has 0 amide bonds. The second kappa shape index (κ2) is 5.77. The number of aliphatic hydroxyl groups is 2. The lowest BCUT2D eigenvalue weighted by Crippen LogP contribution is -2.45. The lowest BCUT2D eigenvalue weighted by molar-refractivity contribution is -0.156. The second-order valence-electron chi connectivity index (χ2n) is 4.14. The largest absolute Gasteiger partial charge is 0.479 e. The molecular formula is C12H17NO4. The molecule has 0 saturated heterocycles. The minimum atomic E-state index is -1.82. The van der Waals surface area contributed by atoms with Gasteiger partial charge in [0.2, 0.25) is 0 Å². The molecule has 0 fully saturated rings. The third-order valence-electron chi connectivity index (χ3n) is 2.45. The molecule has 0 saturated carbocycles. The number of aliphatic carboxylic acids is 1. The molecule has 5 heteroatoms. The Morgan fingerprint density at radius 2 is 2.00 bits per heavy atom. The van der Waals surface area contributed by atoms with Crippen molar-refractivity contribution in [3.63, 3.8) is 0 Å². The topological polar surface area (TPSA) is 89.8 Å². The number of benzene rings is 1. The van der Waals surface area contributed by atoms with Gasteiger partial charge in [-0.25, -0.2) is 4.79 Å². The molecule has 0 radical (unpaired) electrons. The lowest BCUT2D eigenvalue weighted by Gasteiger charge is -2.20. The van der Waals surface area contributed by atoms with Gasteiger partial charge in [0.1, 0.15) is 0 Å². The monoisotopic (exact) mass is 239 g/mol. The van der Waals surface area contributed by atoms with Crippen LogP contribution in [0.3, 0.4) is 0 Å². The first-order chi connectivity index (χ1) is 7.93. The van der Waals surface area contributed by atoms with E-state index in [1.165, 1.54) is 6.92 Å². The van der Waals surface area contributed by atoms with Crippen molar-refractivity contribution in [2.24, 2.45) is 0 Å². The molecule has 1 rings (SSSR count). The van der Waals surface area contributed by atoms with E-state index in [9.17, 15) is 15.0 Å². The number of hydrogen-bond donors (Lipinski definition) is 4. The van der Waals surface area contributed by atoms with Crippen LogP contribution in [0.5, 0.6) is 0 Å². The summed E-state index contributed by atoms with van der Waals surface area (Å²) in [6.07, 6.45) is -0.721. The Hall–Kier alpha value is -1.43. The summed E-state index contributed by atoms with van der Waals surface area (Å²) in [7, 11) is 0. The van der Waals surface area contributed by atoms with Gasteiger partial charge in [0.15, 0.2) is 5.60 Å². The molecule has 1 aromatic carbocycles. The van der Waals surface area contributed by atoms with Gasteiger partial charge in [-0.15, -0.1) is 0 Å². The third-order valence-corrected chi connectivity index (χ3v) is 2.45. The van der Waals surface area contributed by atoms with Gasteiger partial charge in [-0.3, -0.25) is 0 Å². The van der Waals surface area contributed by atoms with Crippen molar-refractivity contribution in [2.75, 3.05) is 13.1 Å². The predicted molar refractivity (Wildman–Crippen MR) is 62.5 cm³/mol. The van der Waals surface area contributed by atoms with E-state index >= 15 is 0 Å². The van der Waals surface area contributed by atoms with Gasteiger partial charge in [0.05, 0.1) is 6.10 Å². The zero-order valence-corrected chi connectivity index (χ0v) is 9.63. The van der Waals surface area contributed by atoms with Crippen LogP contribution in [0.25, 0.3) is 0 Å². The van der Waals surface area contributed by atoms with Crippen molar-refractivity contribution in [1.82, 2.24) is 5.32 Å². The summed E-state index contributed by atoms with van der Waals surface area (Å²) in [5, 5.41) is 30.6. The minimum absolute atomic E-state index is 0.119. The SMILES string of the molecule is CC(O)(CNCC(O)c1ccccc1)C(=O)O. The van der Waals surface area contributed by atoms with Crippen molar-refractivity contribution in [1.29, 1.82) is 0 Å². The fraction of sp³-hybridized carbons (Fsp3) is 0.417. The first-order valence-electron chi connectivity index (χ1n) is 5.33. The molecule has 1 aromatic rings. The van der Waals surface area contributed by atoms with Crippen molar-refractivity contribution < 1.29 is 20.1 Å². The van der Waals surface area contributed by atoms with Gasteiger partial charge in [0, 0.05) is 13.1 Å². The molecule has 2 atom stereocenters. The number of aliphatic hydroxyl groups excluding tert-OH is 1. The van der Waals surface area contributed by atoms with E-state index in [1.54, 1.807) is 12.1 Å². The summed E-state index contributed by atoms with van der Waals surface area (Å²) >= 11 is 0. The van der Waals surface area contributed by atoms with E-state index in [4.69, 9.17) is 5.11 Å². The summed E-state index contributed by atoms with van der Waals surface area (Å²) in [5.74, 6) is -1.29. The van der Waals surface area contributed by atoms with Crippen LogP contribution in [-0.2, 0) is 4.79 Å². The number of nitrogens with one attached hydrogen (secondary N) is 1. The zero-order chi connectivity index (χ0) is 12.9. The van der Waals surface area contributed by atoms with Crippen LogP contribution in [0, 0.1) is 0 Å². The lowest BCUT2D eigenvalue weighted by atomic mass is 10.1. The number of hydrogen-bond acceptors (Lipinski definition) is 4. The molecule has 2 unspecified atom stereocenters. The van der Waals surface area contributed by atoms with Gasteiger partial charge in [0.25, 0.3) is 0 Å². The van der Waals surface area contributed by atoms with Crippen molar-refractivity contribution in [3.8, 4) is 0 Å². The first-order valence-corrected chi connectivity index (χ1v) is 5.33. The highest BCUT2D eigenvalue weighted by Gasteiger charge is 2.29. The summed E-state index contributed by atoms with van der Waals surface area (Å²) in [4.78, 5) is 10.6. The highest BCUT2D eigenvalue weighted by atomic mass is 16.4. The standard InChI is InChI=1S/C12H17NO4/c1-12(17,11(15)16)8-13-7-10(14)9-5-3-2-4-6-9/h2-6,10,13-14,17H,7-8H2,1H3,(H,15,16). The van der Waals surface area contributed by atoms with E-state index in [0.717, 1.165) is 5.56 Å². The fourth-order valence-corrected chi connectivity index (χ4v) is 1.32. The molecule has 0 aliphatic heterocycles. The van der Waals surface area contributed by atoms with E-state index in [-0.39, 0.29) is 13.1 Å². The van der Waals surface area contributed by atoms with Crippen LogP contribution in [0.1, 0.15) is 18.6 Å². The Kier molecular flexibility index (Phi) is 4.62. The summed E-state index contributed by atoms with van der Waals surface area (Å²) in [5.41, 5.74) is -1.08. The fourth-order valence-electron chi connectivity index (χ4n) is 1.32. The molecule has 0 bridgehead atoms. The molecular weight excluding hydrogens is 222 g/mol. The Balaban J connectivity index is 2.40. The summed E-state index contributed by atoms with van der Waals surface area (Å²) in [6, 6.07) is 9.03. The van der Waals surface area contributed by atoms with Crippen LogP contribution < -0.4 is 5.32 Å². The maximum atomic E-state index is 10.6. The second-order valence-corrected chi connectivity index (χ2v) is 4.14. The quantitative estimate of drug-likeness (QED) is 0.567. The van der Waals surface area contributed by atoms with Gasteiger partial charge in [-0.05, 0) is 12.5 Å². The average molecular weight is 239 g/mol. The molecule has 4 N–H and O–H groups in total. The molecule has 94 valence electrons. The molecule has 0 aliphatic rings. The Morgan fingerprint density at radius 1 is 1.41 bits per heavy atom.